The molecule has 0 aromatic heterocycles. The number of phosphoric acid groups is 1. The number of phosphoric ester groups is 1. The normalized spacial score (nSPS) is 12.2. The molecule has 4 aromatic rings. The van der Waals surface area contributed by atoms with Crippen molar-refractivity contribution in [2.45, 2.75) is 0 Å². The van der Waals surface area contributed by atoms with E-state index in [2.05, 4.69) is 3.61 Å². The van der Waals surface area contributed by atoms with E-state index in [1.54, 1.807) is 36.4 Å². The van der Waals surface area contributed by atoms with Gasteiger partial charge in [-0.05, 0) is 0 Å². The van der Waals surface area contributed by atoms with Crippen molar-refractivity contribution >= 4 is 42.7 Å². The van der Waals surface area contributed by atoms with Gasteiger partial charge in [0.15, 0.2) is 0 Å². The Labute approximate surface area is 168 Å². The van der Waals surface area contributed by atoms with E-state index in [9.17, 15) is 16.4 Å². The van der Waals surface area contributed by atoms with E-state index in [1.165, 1.54) is 12.1 Å². The van der Waals surface area contributed by atoms with Gasteiger partial charge in [-0.1, -0.05) is 0 Å². The quantitative estimate of drug-likeness (QED) is 0.313. The maximum atomic E-state index is 13.3. The second-order valence-electron chi connectivity index (χ2n) is 6.09. The molecule has 0 saturated heterocycles. The van der Waals surface area contributed by atoms with Crippen LogP contribution in [-0.2, 0) is 15.8 Å². The molecule has 0 unspecified atom stereocenters. The summed E-state index contributed by atoms with van der Waals surface area (Å²) in [6.45, 7) is 0. The first-order valence-corrected chi connectivity index (χ1v) is 12.8. The van der Waals surface area contributed by atoms with Crippen molar-refractivity contribution in [3.63, 3.8) is 0 Å². The Morgan fingerprint density at radius 3 is 1.52 bits per heavy atom. The number of hydrogen-bond donors (Lipinski definition) is 1. The summed E-state index contributed by atoms with van der Waals surface area (Å²) in [5, 5.41) is 2.70. The van der Waals surface area contributed by atoms with Gasteiger partial charge in [0.2, 0.25) is 0 Å². The van der Waals surface area contributed by atoms with Gasteiger partial charge in [0.25, 0.3) is 0 Å². The van der Waals surface area contributed by atoms with Crippen molar-refractivity contribution in [1.82, 2.24) is 0 Å². The van der Waals surface area contributed by atoms with Crippen LogP contribution in [0.5, 0.6) is 11.5 Å². The minimum atomic E-state index is -5.94. The second kappa shape index (κ2) is 7.59. The predicted octanol–water partition coefficient (Wildman–Crippen LogP) is 4.86. The third-order valence-corrected chi connectivity index (χ3v) is 7.65. The van der Waals surface area contributed by atoms with E-state index in [4.69, 9.17) is 9.05 Å². The number of benzene rings is 4. The molecule has 0 atom stereocenters. The van der Waals surface area contributed by atoms with Crippen LogP contribution in [0, 0.1) is 0 Å². The van der Waals surface area contributed by atoms with Crippen LogP contribution in [0.3, 0.4) is 0 Å². The van der Waals surface area contributed by atoms with Gasteiger partial charge in [0.1, 0.15) is 0 Å². The van der Waals surface area contributed by atoms with Crippen LogP contribution in [-0.4, -0.2) is 17.6 Å². The zero-order valence-corrected chi connectivity index (χ0v) is 17.4. The van der Waals surface area contributed by atoms with Crippen molar-refractivity contribution in [1.29, 1.82) is 0 Å². The molecule has 0 heterocycles. The molecule has 0 aliphatic carbocycles. The molecule has 148 valence electrons. The molecule has 0 fully saturated rings. The van der Waals surface area contributed by atoms with Gasteiger partial charge in [0, 0.05) is 0 Å². The summed E-state index contributed by atoms with van der Waals surface area (Å²) in [6, 6.07) is 24.1. The fourth-order valence-electron chi connectivity index (χ4n) is 2.96. The molecule has 7 nitrogen and oxygen atoms in total. The van der Waals surface area contributed by atoms with Crippen LogP contribution in [0.2, 0.25) is 0 Å². The predicted molar refractivity (Wildman–Crippen MR) is 107 cm³/mol. The zero-order chi connectivity index (χ0) is 20.5. The summed E-state index contributed by atoms with van der Waals surface area (Å²) in [5.41, 5.74) is 0. The van der Waals surface area contributed by atoms with Gasteiger partial charge in [-0.2, -0.15) is 0 Å². The molecular formula is C20H15O7PSe. The van der Waals surface area contributed by atoms with Crippen LogP contribution in [0.25, 0.3) is 21.5 Å². The molecule has 0 radical (unpaired) electrons. The van der Waals surface area contributed by atoms with Crippen molar-refractivity contribution in [2.75, 3.05) is 0 Å². The first-order chi connectivity index (χ1) is 13.8. The Balaban J connectivity index is 1.79. The van der Waals surface area contributed by atoms with Crippen molar-refractivity contribution in [3.05, 3.63) is 84.9 Å². The molecule has 0 bridgehead atoms. The van der Waals surface area contributed by atoms with Crippen LogP contribution >= 0.6 is 7.82 Å². The van der Waals surface area contributed by atoms with Crippen molar-refractivity contribution < 1.29 is 29.1 Å². The summed E-state index contributed by atoms with van der Waals surface area (Å²) in [6.07, 6.45) is 0. The number of hydrogen-bond acceptors (Lipinski definition) is 6. The van der Waals surface area contributed by atoms with E-state index in [1.807, 2.05) is 36.4 Å². The molecule has 4 rings (SSSR count). The molecule has 0 spiro atoms. The summed E-state index contributed by atoms with van der Waals surface area (Å²) in [5.74, 6) is 0.181. The first-order valence-electron chi connectivity index (χ1n) is 8.46. The first kappa shape index (κ1) is 19.6. The molecule has 0 aliphatic heterocycles. The van der Waals surface area contributed by atoms with Gasteiger partial charge in [-0.3, -0.25) is 0 Å². The van der Waals surface area contributed by atoms with Crippen LogP contribution in [0.4, 0.5) is 0 Å². The summed E-state index contributed by atoms with van der Waals surface area (Å²) in [7, 11) is -4.80. The zero-order valence-electron chi connectivity index (χ0n) is 14.8. The fraction of sp³-hybridized carbons (Fsp3) is 0. The van der Waals surface area contributed by atoms with Gasteiger partial charge in [0.05, 0.1) is 0 Å². The van der Waals surface area contributed by atoms with Gasteiger partial charge >= 0.3 is 168 Å². The summed E-state index contributed by atoms with van der Waals surface area (Å²) < 4.78 is 60.7. The van der Waals surface area contributed by atoms with E-state index in [-0.39, 0.29) is 11.5 Å². The molecule has 0 amide bonds. The third kappa shape index (κ3) is 4.48. The van der Waals surface area contributed by atoms with E-state index in [0.29, 0.717) is 10.8 Å². The van der Waals surface area contributed by atoms with E-state index >= 15 is 0 Å². The molecule has 29 heavy (non-hydrogen) atoms. The Morgan fingerprint density at radius 2 is 1.07 bits per heavy atom. The Kier molecular flexibility index (Phi) is 5.13. The van der Waals surface area contributed by atoms with Crippen molar-refractivity contribution in [2.24, 2.45) is 0 Å². The third-order valence-electron chi connectivity index (χ3n) is 4.11. The number of fused-ring (bicyclic) bond motifs is 2. The average Bonchev–Trinajstić information content (AvgIpc) is 2.67. The van der Waals surface area contributed by atoms with Gasteiger partial charge in [-0.15, -0.1) is 0 Å². The topological polar surface area (TPSA) is 99.1 Å². The SMILES string of the molecule is O=P(Oc1cccc2ccccc12)(Oc1cccc2ccccc12)O[Se](=O)(=O)O. The standard InChI is InChI=1S/C20H15O7PSe/c21-28(27-29(22,23)24,25-19-13-5-9-15-7-1-3-11-17(15)19)26-20-14-6-10-16-8-2-4-12-18(16)20/h1-14H,(H,22,23,24). The molecule has 0 aliphatic rings. The second-order valence-corrected chi connectivity index (χ2v) is 10.2. The Bertz CT molecular complexity index is 1260. The minimum absolute atomic E-state index is 0.0907. The van der Waals surface area contributed by atoms with Crippen LogP contribution < -0.4 is 9.05 Å². The van der Waals surface area contributed by atoms with Gasteiger partial charge < -0.3 is 0 Å². The van der Waals surface area contributed by atoms with Crippen molar-refractivity contribution in [3.8, 4) is 11.5 Å². The monoisotopic (exact) mass is 478 g/mol. The summed E-state index contributed by atoms with van der Waals surface area (Å²) >= 11 is -5.94. The molecule has 1 N–H and O–H groups in total. The van der Waals surface area contributed by atoms with Gasteiger partial charge in [-0.25, -0.2) is 0 Å². The van der Waals surface area contributed by atoms with E-state index in [0.717, 1.165) is 10.8 Å². The van der Waals surface area contributed by atoms with Crippen LogP contribution in [0.1, 0.15) is 0 Å². The summed E-state index contributed by atoms with van der Waals surface area (Å²) in [4.78, 5) is 0. The Morgan fingerprint density at radius 1 is 0.655 bits per heavy atom. The van der Waals surface area contributed by atoms with Crippen LogP contribution in [0.15, 0.2) is 84.9 Å². The molecule has 4 aromatic carbocycles. The molecule has 9 heteroatoms. The molecular weight excluding hydrogens is 462 g/mol. The fourth-order valence-corrected chi connectivity index (χ4v) is 5.92. The number of rotatable bonds is 6. The molecule has 0 saturated carbocycles. The van der Waals surface area contributed by atoms with E-state index < -0.39 is 21.2 Å². The Hall–Kier alpha value is -2.73. The maximum absolute atomic E-state index is 13.3. The average molecular weight is 477 g/mol.